The monoisotopic (exact) mass is 449 g/mol. The van der Waals surface area contributed by atoms with E-state index in [0.717, 1.165) is 4.90 Å². The molecule has 3 N–H and O–H groups in total. The smallest absolute Gasteiger partial charge is 0.267 e. The number of nitrogens with zero attached hydrogens (tertiary/aromatic N) is 2. The van der Waals surface area contributed by atoms with E-state index in [1.165, 1.54) is 31.4 Å². The number of amides is 2. The zero-order valence-corrected chi connectivity index (χ0v) is 17.6. The number of nitrogens with two attached hydrogens (primary N) is 1. The number of β-amino-alcohol motifs (C(OH)–C–C–N with tert-alkyl or cyclic N) is 1. The van der Waals surface area contributed by atoms with E-state index in [-0.39, 0.29) is 24.6 Å². The summed E-state index contributed by atoms with van der Waals surface area (Å²) in [4.78, 5) is 25.1. The van der Waals surface area contributed by atoms with Crippen LogP contribution in [0.15, 0.2) is 59.5 Å². The van der Waals surface area contributed by atoms with Crippen molar-refractivity contribution >= 4 is 21.8 Å². The van der Waals surface area contributed by atoms with E-state index in [1.54, 1.807) is 24.3 Å². The van der Waals surface area contributed by atoms with Crippen LogP contribution in [0.2, 0.25) is 0 Å². The number of para-hydroxylation sites is 1. The van der Waals surface area contributed by atoms with Gasteiger partial charge in [0.05, 0.1) is 11.4 Å². The molecular formula is C20H23N3O7S. The summed E-state index contributed by atoms with van der Waals surface area (Å²) in [5, 5.41) is 10.9. The van der Waals surface area contributed by atoms with Gasteiger partial charge in [-0.05, 0) is 36.4 Å². The maximum atomic E-state index is 13.2. The predicted molar refractivity (Wildman–Crippen MR) is 109 cm³/mol. The van der Waals surface area contributed by atoms with Gasteiger partial charge in [-0.3, -0.25) is 9.59 Å². The number of benzene rings is 2. The normalized spacial score (nSPS) is 19.7. The molecule has 1 fully saturated rings. The second kappa shape index (κ2) is 9.02. The van der Waals surface area contributed by atoms with E-state index in [0.29, 0.717) is 15.8 Å². The van der Waals surface area contributed by atoms with Crippen molar-refractivity contribution in [1.29, 1.82) is 0 Å². The van der Waals surface area contributed by atoms with Gasteiger partial charge in [0, 0.05) is 20.2 Å². The van der Waals surface area contributed by atoms with Crippen LogP contribution in [0.25, 0.3) is 0 Å². The molecule has 0 radical (unpaired) electrons. The molecule has 2 aromatic rings. The van der Waals surface area contributed by atoms with Crippen molar-refractivity contribution in [3.05, 3.63) is 54.6 Å². The third-order valence-electron chi connectivity index (χ3n) is 4.80. The molecule has 1 unspecified atom stereocenters. The zero-order chi connectivity index (χ0) is 22.6. The Balaban J connectivity index is 1.84. The third kappa shape index (κ3) is 4.69. The minimum atomic E-state index is -4.31. The van der Waals surface area contributed by atoms with Crippen molar-refractivity contribution in [3.8, 4) is 11.5 Å². The first kappa shape index (κ1) is 22.7. The Morgan fingerprint density at radius 2 is 1.68 bits per heavy atom. The lowest BCUT2D eigenvalue weighted by Gasteiger charge is -2.44. The molecule has 166 valence electrons. The molecule has 10 nitrogen and oxygen atoms in total. The fourth-order valence-electron chi connectivity index (χ4n) is 3.20. The summed E-state index contributed by atoms with van der Waals surface area (Å²) in [5.74, 6) is -0.792. The van der Waals surface area contributed by atoms with E-state index in [9.17, 15) is 23.1 Å². The maximum absolute atomic E-state index is 13.2. The fourth-order valence-corrected chi connectivity index (χ4v) is 4.80. The summed E-state index contributed by atoms with van der Waals surface area (Å²) in [7, 11) is -2.98. The molecule has 0 spiro atoms. The first-order valence-electron chi connectivity index (χ1n) is 9.33. The van der Waals surface area contributed by atoms with Crippen LogP contribution in [0, 0.1) is 0 Å². The molecule has 0 bridgehead atoms. The highest BCUT2D eigenvalue weighted by Gasteiger charge is 2.52. The van der Waals surface area contributed by atoms with Gasteiger partial charge in [0.1, 0.15) is 18.1 Å². The molecule has 1 heterocycles. The van der Waals surface area contributed by atoms with Gasteiger partial charge < -0.3 is 25.2 Å². The van der Waals surface area contributed by atoms with Crippen LogP contribution in [0.4, 0.5) is 0 Å². The Morgan fingerprint density at radius 3 is 2.26 bits per heavy atom. The second-order valence-corrected chi connectivity index (χ2v) is 8.76. The highest BCUT2D eigenvalue weighted by molar-refractivity contribution is 7.89. The predicted octanol–water partition coefficient (Wildman–Crippen LogP) is 0.132. The topological polar surface area (TPSA) is 139 Å². The molecule has 0 aromatic heterocycles. The van der Waals surface area contributed by atoms with Crippen LogP contribution in [-0.4, -0.2) is 73.6 Å². The SMILES string of the molecule is COCC(=O)N1CCN(S(=O)(=O)c2ccc(Oc3ccccc3)cc2)C(O)(C(N)=O)C1. The lowest BCUT2D eigenvalue weighted by Crippen LogP contribution is -2.70. The lowest BCUT2D eigenvalue weighted by atomic mass is 10.1. The Hall–Kier alpha value is -2.99. The number of methoxy groups -OCH3 is 1. The average molecular weight is 449 g/mol. The van der Waals surface area contributed by atoms with Gasteiger partial charge in [0.2, 0.25) is 21.7 Å². The number of piperazine rings is 1. The van der Waals surface area contributed by atoms with E-state index < -0.39 is 34.1 Å². The molecule has 3 rings (SSSR count). The zero-order valence-electron chi connectivity index (χ0n) is 16.8. The number of primary amides is 1. The third-order valence-corrected chi connectivity index (χ3v) is 6.74. The number of rotatable bonds is 7. The van der Waals surface area contributed by atoms with Crippen LogP contribution in [-0.2, 0) is 24.3 Å². The van der Waals surface area contributed by atoms with E-state index in [2.05, 4.69) is 0 Å². The number of carbonyl (C=O) groups is 2. The Labute approximate surface area is 179 Å². The first-order chi connectivity index (χ1) is 14.7. The van der Waals surface area contributed by atoms with Gasteiger partial charge in [-0.1, -0.05) is 18.2 Å². The van der Waals surface area contributed by atoms with Gasteiger partial charge in [-0.25, -0.2) is 8.42 Å². The fraction of sp³-hybridized carbons (Fsp3) is 0.300. The number of carbonyl (C=O) groups excluding carboxylic acids is 2. The number of ether oxygens (including phenoxy) is 2. The molecule has 31 heavy (non-hydrogen) atoms. The van der Waals surface area contributed by atoms with Crippen molar-refractivity contribution in [2.45, 2.75) is 10.6 Å². The second-order valence-electron chi connectivity index (χ2n) is 6.89. The Morgan fingerprint density at radius 1 is 1.06 bits per heavy atom. The summed E-state index contributed by atoms with van der Waals surface area (Å²) < 4.78 is 37.4. The van der Waals surface area contributed by atoms with Crippen LogP contribution in [0.1, 0.15) is 0 Å². The maximum Gasteiger partial charge on any atom is 0.267 e. The number of sulfonamides is 1. The number of hydrogen-bond acceptors (Lipinski definition) is 7. The molecule has 1 aliphatic heterocycles. The van der Waals surface area contributed by atoms with Gasteiger partial charge in [0.15, 0.2) is 0 Å². The molecule has 1 aliphatic rings. The molecule has 1 saturated heterocycles. The Bertz CT molecular complexity index is 1040. The van der Waals surface area contributed by atoms with Crippen LogP contribution >= 0.6 is 0 Å². The van der Waals surface area contributed by atoms with E-state index >= 15 is 0 Å². The van der Waals surface area contributed by atoms with Crippen molar-refractivity contribution in [3.63, 3.8) is 0 Å². The summed E-state index contributed by atoms with van der Waals surface area (Å²) in [6.45, 7) is -1.23. The number of hydrogen-bond donors (Lipinski definition) is 2. The van der Waals surface area contributed by atoms with Gasteiger partial charge in [0.25, 0.3) is 5.91 Å². The standard InChI is InChI=1S/C20H23N3O7S/c1-29-13-18(24)22-11-12-23(20(26,14-22)19(21)25)31(27,28)17-9-7-16(8-10-17)30-15-5-3-2-4-6-15/h2-10,26H,11-14H2,1H3,(H2,21,25). The van der Waals surface area contributed by atoms with Crippen molar-refractivity contribution in [2.24, 2.45) is 5.73 Å². The number of aliphatic hydroxyl groups is 1. The lowest BCUT2D eigenvalue weighted by molar-refractivity contribution is -0.166. The molecule has 2 aromatic carbocycles. The highest BCUT2D eigenvalue weighted by Crippen LogP contribution is 2.29. The van der Waals surface area contributed by atoms with E-state index in [4.69, 9.17) is 15.2 Å². The largest absolute Gasteiger partial charge is 0.457 e. The minimum Gasteiger partial charge on any atom is -0.457 e. The van der Waals surface area contributed by atoms with E-state index in [1.807, 2.05) is 6.07 Å². The summed E-state index contributed by atoms with van der Waals surface area (Å²) in [6, 6.07) is 14.5. The van der Waals surface area contributed by atoms with Crippen LogP contribution in [0.3, 0.4) is 0 Å². The van der Waals surface area contributed by atoms with Crippen LogP contribution in [0.5, 0.6) is 11.5 Å². The quantitative estimate of drug-likeness (QED) is 0.612. The molecule has 0 aliphatic carbocycles. The summed E-state index contributed by atoms with van der Waals surface area (Å²) in [6.07, 6.45) is 0. The molecular weight excluding hydrogens is 426 g/mol. The average Bonchev–Trinajstić information content (AvgIpc) is 2.74. The molecule has 2 amide bonds. The first-order valence-corrected chi connectivity index (χ1v) is 10.8. The van der Waals surface area contributed by atoms with Gasteiger partial charge >= 0.3 is 0 Å². The van der Waals surface area contributed by atoms with Crippen molar-refractivity contribution in [2.75, 3.05) is 33.4 Å². The summed E-state index contributed by atoms with van der Waals surface area (Å²) >= 11 is 0. The summed E-state index contributed by atoms with van der Waals surface area (Å²) in [5.41, 5.74) is 2.73. The Kier molecular flexibility index (Phi) is 6.60. The van der Waals surface area contributed by atoms with Gasteiger partial charge in [-0.15, -0.1) is 0 Å². The minimum absolute atomic E-state index is 0.0355. The van der Waals surface area contributed by atoms with Gasteiger partial charge in [-0.2, -0.15) is 4.31 Å². The highest BCUT2D eigenvalue weighted by atomic mass is 32.2. The molecule has 0 saturated carbocycles. The van der Waals surface area contributed by atoms with Crippen molar-refractivity contribution in [1.82, 2.24) is 9.21 Å². The van der Waals surface area contributed by atoms with Crippen molar-refractivity contribution < 1.29 is 32.6 Å². The molecule has 11 heteroatoms. The van der Waals surface area contributed by atoms with Crippen LogP contribution < -0.4 is 10.5 Å². The molecule has 1 atom stereocenters.